The maximum absolute atomic E-state index is 16.6. The first-order chi connectivity index (χ1) is 28.9. The van der Waals surface area contributed by atoms with Crippen molar-refractivity contribution < 1.29 is 38.2 Å². The van der Waals surface area contributed by atoms with Gasteiger partial charge >= 0.3 is 0 Å². The average Bonchev–Trinajstić information content (AvgIpc) is 3.66. The SMILES string of the molecule is CCOc1ccc2c(c1)CC(NCCCCO)C(=O)N2c1cccc(CN2C(=O)[C@@]3(O[C@@H](CC(=O)N(CCO)Cc4ccccc4)[C@H]([Si](C)(C)F)[C@H]3C)c3ccccc32)c1. The number of unbranched alkanes of at least 4 members (excludes halogenated alkanes) is 1. The van der Waals surface area contributed by atoms with Crippen molar-refractivity contribution in [3.63, 3.8) is 0 Å². The van der Waals surface area contributed by atoms with Gasteiger partial charge in [-0.15, -0.1) is 0 Å². The van der Waals surface area contributed by atoms with E-state index in [1.807, 2.05) is 111 Å². The number of hydrogen-bond acceptors (Lipinski definition) is 8. The number of hydrogen-bond donors (Lipinski definition) is 3. The first-order valence-electron chi connectivity index (χ1n) is 21.1. The third-order valence-corrected chi connectivity index (χ3v) is 14.7. The van der Waals surface area contributed by atoms with Crippen LogP contribution in [0.3, 0.4) is 0 Å². The zero-order valence-electron chi connectivity index (χ0n) is 35.0. The molecule has 3 aliphatic heterocycles. The first-order valence-corrected chi connectivity index (χ1v) is 24.1. The number of nitrogens with one attached hydrogen (secondary N) is 1. The molecule has 1 unspecified atom stereocenters. The normalized spacial score (nSPS) is 22.3. The quantitative estimate of drug-likeness (QED) is 0.0604. The van der Waals surface area contributed by atoms with E-state index in [1.54, 1.807) is 27.8 Å². The van der Waals surface area contributed by atoms with Crippen LogP contribution >= 0.6 is 0 Å². The van der Waals surface area contributed by atoms with E-state index in [0.29, 0.717) is 42.9 Å². The Morgan fingerprint density at radius 3 is 2.43 bits per heavy atom. The molecule has 60 heavy (non-hydrogen) atoms. The number of aliphatic hydroxyl groups excluding tert-OH is 2. The van der Waals surface area contributed by atoms with Crippen LogP contribution in [0.25, 0.3) is 0 Å². The summed E-state index contributed by atoms with van der Waals surface area (Å²) in [6.07, 6.45) is 0.864. The van der Waals surface area contributed by atoms with Gasteiger partial charge in [0, 0.05) is 42.4 Å². The van der Waals surface area contributed by atoms with Crippen molar-refractivity contribution in [1.29, 1.82) is 0 Å². The van der Waals surface area contributed by atoms with E-state index >= 15 is 8.90 Å². The minimum Gasteiger partial charge on any atom is -0.494 e. The van der Waals surface area contributed by atoms with Gasteiger partial charge in [0.05, 0.1) is 49.7 Å². The predicted octanol–water partition coefficient (Wildman–Crippen LogP) is 6.77. The van der Waals surface area contributed by atoms with Gasteiger partial charge in [-0.25, -0.2) is 0 Å². The number of benzene rings is 4. The van der Waals surface area contributed by atoms with Crippen LogP contribution in [0.1, 0.15) is 55.4 Å². The largest absolute Gasteiger partial charge is 0.494 e. The molecule has 318 valence electrons. The minimum atomic E-state index is -3.55. The Kier molecular flexibility index (Phi) is 13.2. The number of carbonyl (C=O) groups excluding carboxylic acids is 3. The van der Waals surface area contributed by atoms with Crippen LogP contribution < -0.4 is 19.9 Å². The molecule has 1 fully saturated rings. The molecule has 0 aromatic heterocycles. The van der Waals surface area contributed by atoms with Gasteiger partial charge in [-0.2, -0.15) is 0 Å². The van der Waals surface area contributed by atoms with E-state index in [-0.39, 0.29) is 57.0 Å². The molecule has 11 nitrogen and oxygen atoms in total. The van der Waals surface area contributed by atoms with E-state index < -0.39 is 37.6 Å². The highest BCUT2D eigenvalue weighted by Crippen LogP contribution is 2.60. The van der Waals surface area contributed by atoms with E-state index in [9.17, 15) is 19.8 Å². The molecule has 4 aromatic carbocycles. The van der Waals surface area contributed by atoms with Gasteiger partial charge in [0.25, 0.3) is 5.91 Å². The number of ether oxygens (including phenoxy) is 2. The fourth-order valence-electron chi connectivity index (χ4n) is 9.57. The molecule has 0 saturated carbocycles. The highest BCUT2D eigenvalue weighted by molar-refractivity contribution is 6.72. The summed E-state index contributed by atoms with van der Waals surface area (Å²) in [5, 5.41) is 22.6. The number of amides is 3. The van der Waals surface area contributed by atoms with E-state index in [1.165, 1.54) is 0 Å². The average molecular weight is 837 g/mol. The summed E-state index contributed by atoms with van der Waals surface area (Å²) in [7, 11) is -3.55. The van der Waals surface area contributed by atoms with Crippen LogP contribution in [0.15, 0.2) is 97.1 Å². The minimum absolute atomic E-state index is 0.0890. The number of rotatable bonds is 17. The smallest absolute Gasteiger partial charge is 0.264 e. The third-order valence-electron chi connectivity index (χ3n) is 12.2. The molecule has 1 saturated heterocycles. The number of anilines is 3. The first kappa shape index (κ1) is 43.2. The summed E-state index contributed by atoms with van der Waals surface area (Å²) < 4.78 is 29.3. The Bertz CT molecular complexity index is 2170. The molecule has 4 aromatic rings. The maximum atomic E-state index is 16.6. The predicted molar refractivity (Wildman–Crippen MR) is 232 cm³/mol. The molecule has 3 N–H and O–H groups in total. The summed E-state index contributed by atoms with van der Waals surface area (Å²) in [5.41, 5.74) is 3.17. The van der Waals surface area contributed by atoms with Gasteiger partial charge in [-0.3, -0.25) is 19.3 Å². The highest BCUT2D eigenvalue weighted by Gasteiger charge is 2.67. The zero-order chi connectivity index (χ0) is 42.6. The van der Waals surface area contributed by atoms with Crippen LogP contribution in [0.5, 0.6) is 5.75 Å². The van der Waals surface area contributed by atoms with Gasteiger partial charge in [-0.1, -0.05) is 67.6 Å². The number of fused-ring (bicyclic) bond motifs is 3. The van der Waals surface area contributed by atoms with E-state index in [4.69, 9.17) is 9.47 Å². The topological polar surface area (TPSA) is 132 Å². The van der Waals surface area contributed by atoms with Gasteiger partial charge in [0.2, 0.25) is 20.2 Å². The number of para-hydroxylation sites is 1. The van der Waals surface area contributed by atoms with Gasteiger partial charge in [0.1, 0.15) is 5.75 Å². The molecule has 5 atom stereocenters. The summed E-state index contributed by atoms with van der Waals surface area (Å²) in [6.45, 7) is 8.56. The number of nitrogens with zero attached hydrogens (tertiary/aromatic N) is 3. The molecular formula is C47H57FN4O7Si. The van der Waals surface area contributed by atoms with Crippen molar-refractivity contribution in [1.82, 2.24) is 10.2 Å². The lowest BCUT2D eigenvalue weighted by Crippen LogP contribution is -2.49. The highest BCUT2D eigenvalue weighted by atomic mass is 28.4. The lowest BCUT2D eigenvalue weighted by molar-refractivity contribution is -0.150. The van der Waals surface area contributed by atoms with E-state index in [0.717, 1.165) is 34.5 Å². The van der Waals surface area contributed by atoms with Gasteiger partial charge in [0.15, 0.2) is 5.60 Å². The van der Waals surface area contributed by atoms with Crippen LogP contribution in [-0.4, -0.2) is 86.3 Å². The van der Waals surface area contributed by atoms with Crippen molar-refractivity contribution in [2.45, 2.75) is 89.0 Å². The molecule has 13 heteroatoms. The number of halogens is 1. The molecule has 7 rings (SSSR count). The van der Waals surface area contributed by atoms with Gasteiger partial charge in [-0.05, 0) is 98.9 Å². The summed E-state index contributed by atoms with van der Waals surface area (Å²) in [6, 6.07) is 29.9. The second kappa shape index (κ2) is 18.4. The molecule has 3 aliphatic rings. The Balaban J connectivity index is 1.18. The van der Waals surface area contributed by atoms with Gasteiger partial charge < -0.3 is 38.9 Å². The zero-order valence-corrected chi connectivity index (χ0v) is 36.0. The van der Waals surface area contributed by atoms with Crippen LogP contribution in [0.4, 0.5) is 21.2 Å². The van der Waals surface area contributed by atoms with Crippen LogP contribution in [0.2, 0.25) is 18.6 Å². The van der Waals surface area contributed by atoms with Crippen molar-refractivity contribution in [3.05, 3.63) is 119 Å². The lowest BCUT2D eigenvalue weighted by atomic mass is 9.82. The Hall–Kier alpha value is -4.92. The molecule has 0 radical (unpaired) electrons. The van der Waals surface area contributed by atoms with E-state index in [2.05, 4.69) is 5.32 Å². The summed E-state index contributed by atoms with van der Waals surface area (Å²) >= 11 is 0. The monoisotopic (exact) mass is 836 g/mol. The lowest BCUT2D eigenvalue weighted by Gasteiger charge is -2.35. The molecule has 1 spiro atoms. The summed E-state index contributed by atoms with van der Waals surface area (Å²) in [4.78, 5) is 48.4. The molecule has 0 aliphatic carbocycles. The van der Waals surface area contributed by atoms with Crippen molar-refractivity contribution >= 4 is 43.2 Å². The summed E-state index contributed by atoms with van der Waals surface area (Å²) in [5.74, 6) is -0.550. The third kappa shape index (κ3) is 8.51. The molecular weight excluding hydrogens is 780 g/mol. The number of aliphatic hydroxyl groups is 2. The second-order valence-corrected chi connectivity index (χ2v) is 20.4. The molecule has 0 bridgehead atoms. The fourth-order valence-corrected chi connectivity index (χ4v) is 12.1. The molecule has 3 amide bonds. The van der Waals surface area contributed by atoms with Crippen LogP contribution in [0, 0.1) is 5.92 Å². The van der Waals surface area contributed by atoms with Crippen LogP contribution in [-0.2, 0) is 44.2 Å². The van der Waals surface area contributed by atoms with Crippen molar-refractivity contribution in [2.75, 3.05) is 42.7 Å². The number of carbonyl (C=O) groups is 3. The Morgan fingerprint density at radius 1 is 0.950 bits per heavy atom. The molecule has 3 heterocycles. The van der Waals surface area contributed by atoms with Crippen molar-refractivity contribution in [3.8, 4) is 5.75 Å². The maximum Gasteiger partial charge on any atom is 0.264 e. The fraction of sp³-hybridized carbons (Fsp3) is 0.426. The van der Waals surface area contributed by atoms with Crippen molar-refractivity contribution in [2.24, 2.45) is 5.92 Å². The second-order valence-electron chi connectivity index (χ2n) is 16.6. The Labute approximate surface area is 353 Å². The Morgan fingerprint density at radius 2 is 1.70 bits per heavy atom. The standard InChI is InChI=1S/C47H57FN4O7Si/c1-5-58-37-20-21-40-35(27-37)28-39(49-22-11-12-24-53)45(56)52(40)36-17-13-16-34(26-36)31-51-41-19-10-9-18-38(41)47(46(51)57)32(2)44(60(3,4)48)42(59-47)29-43(55)50(23-25-54)30-33-14-7-6-8-15-33/h6-10,13-21,26-27,32,39,42,44,49,53-54H,5,11-12,22-25,28-31H2,1-4H3/t32-,39?,42+,44-,47+/m1/s1.